The monoisotopic (exact) mass is 260 g/mol. The Hall–Kier alpha value is -1.68. The fourth-order valence-electron chi connectivity index (χ4n) is 2.54. The minimum Gasteiger partial charge on any atom is -0.358 e. The highest BCUT2D eigenvalue weighted by atomic mass is 16.2. The van der Waals surface area contributed by atoms with E-state index in [2.05, 4.69) is 5.32 Å². The van der Waals surface area contributed by atoms with Gasteiger partial charge >= 0.3 is 0 Å². The number of nitrogens with zero attached hydrogens (tertiary/aromatic N) is 1. The number of nitrogens with one attached hydrogen (secondary N) is 1. The second-order valence-corrected chi connectivity index (χ2v) is 4.89. The Bertz CT molecular complexity index is 445. The van der Waals surface area contributed by atoms with Crippen molar-refractivity contribution in [1.29, 1.82) is 0 Å². The SMILES string of the molecule is CNC(=O)C1CCCCN1CC(=O)c1ccccc1. The van der Waals surface area contributed by atoms with Crippen molar-refractivity contribution in [2.45, 2.75) is 25.3 Å². The first-order chi connectivity index (χ1) is 9.22. The Morgan fingerprint density at radius 2 is 2.00 bits per heavy atom. The van der Waals surface area contributed by atoms with Gasteiger partial charge < -0.3 is 5.32 Å². The van der Waals surface area contributed by atoms with Gasteiger partial charge in [0.15, 0.2) is 5.78 Å². The molecule has 4 heteroatoms. The minimum absolute atomic E-state index is 0.0144. The lowest BCUT2D eigenvalue weighted by molar-refractivity contribution is -0.126. The van der Waals surface area contributed by atoms with E-state index in [1.807, 2.05) is 35.2 Å². The molecular formula is C15H20N2O2. The number of hydrogen-bond acceptors (Lipinski definition) is 3. The van der Waals surface area contributed by atoms with Crippen LogP contribution >= 0.6 is 0 Å². The fourth-order valence-corrected chi connectivity index (χ4v) is 2.54. The van der Waals surface area contributed by atoms with Crippen LogP contribution in [0.3, 0.4) is 0 Å². The zero-order valence-corrected chi connectivity index (χ0v) is 11.3. The van der Waals surface area contributed by atoms with Gasteiger partial charge in [0, 0.05) is 12.6 Å². The van der Waals surface area contributed by atoms with E-state index >= 15 is 0 Å². The van der Waals surface area contributed by atoms with Gasteiger partial charge in [-0.15, -0.1) is 0 Å². The van der Waals surface area contributed by atoms with Crippen molar-refractivity contribution in [3.63, 3.8) is 0 Å². The first kappa shape index (κ1) is 13.7. The van der Waals surface area contributed by atoms with E-state index in [0.717, 1.165) is 25.8 Å². The molecule has 1 atom stereocenters. The lowest BCUT2D eigenvalue weighted by Gasteiger charge is -2.33. The molecule has 1 fully saturated rings. The number of hydrogen-bond donors (Lipinski definition) is 1. The number of carbonyl (C=O) groups excluding carboxylic acids is 2. The third-order valence-electron chi connectivity index (χ3n) is 3.61. The van der Waals surface area contributed by atoms with E-state index in [0.29, 0.717) is 12.1 Å². The predicted molar refractivity (Wildman–Crippen MR) is 74.1 cm³/mol. The van der Waals surface area contributed by atoms with Crippen LogP contribution in [-0.2, 0) is 4.79 Å². The van der Waals surface area contributed by atoms with Crippen LogP contribution in [0.1, 0.15) is 29.6 Å². The number of rotatable bonds is 4. The molecule has 19 heavy (non-hydrogen) atoms. The highest BCUT2D eigenvalue weighted by Gasteiger charge is 2.29. The summed E-state index contributed by atoms with van der Waals surface area (Å²) in [6, 6.07) is 9.10. The van der Waals surface area contributed by atoms with Gasteiger partial charge in [-0.05, 0) is 19.4 Å². The van der Waals surface area contributed by atoms with Crippen LogP contribution < -0.4 is 5.32 Å². The van der Waals surface area contributed by atoms with Crippen LogP contribution in [0.15, 0.2) is 30.3 Å². The molecule has 1 saturated heterocycles. The number of likely N-dealkylation sites (N-methyl/N-ethyl adjacent to an activating group) is 1. The van der Waals surface area contributed by atoms with Crippen molar-refractivity contribution in [3.8, 4) is 0 Å². The molecule has 4 nitrogen and oxygen atoms in total. The third-order valence-corrected chi connectivity index (χ3v) is 3.61. The average Bonchev–Trinajstić information content (AvgIpc) is 2.48. The van der Waals surface area contributed by atoms with E-state index in [1.54, 1.807) is 7.05 Å². The molecule has 0 radical (unpaired) electrons. The van der Waals surface area contributed by atoms with Crippen molar-refractivity contribution in [3.05, 3.63) is 35.9 Å². The van der Waals surface area contributed by atoms with Gasteiger partial charge in [0.2, 0.25) is 5.91 Å². The van der Waals surface area contributed by atoms with Gasteiger partial charge in [0.25, 0.3) is 0 Å². The zero-order chi connectivity index (χ0) is 13.7. The molecular weight excluding hydrogens is 240 g/mol. The molecule has 0 aliphatic carbocycles. The summed E-state index contributed by atoms with van der Waals surface area (Å²) in [6.45, 7) is 1.14. The van der Waals surface area contributed by atoms with Crippen molar-refractivity contribution >= 4 is 11.7 Å². The first-order valence-electron chi connectivity index (χ1n) is 6.76. The first-order valence-corrected chi connectivity index (χ1v) is 6.76. The molecule has 102 valence electrons. The molecule has 2 rings (SSSR count). The number of amides is 1. The number of ketones is 1. The number of benzene rings is 1. The highest BCUT2D eigenvalue weighted by molar-refractivity contribution is 5.98. The molecule has 0 bridgehead atoms. The van der Waals surface area contributed by atoms with Crippen LogP contribution in [0.4, 0.5) is 0 Å². The molecule has 0 aromatic heterocycles. The topological polar surface area (TPSA) is 49.4 Å². The Balaban J connectivity index is 2.03. The molecule has 1 aromatic rings. The number of likely N-dealkylation sites (tertiary alicyclic amines) is 1. The summed E-state index contributed by atoms with van der Waals surface area (Å²) in [5.41, 5.74) is 0.712. The van der Waals surface area contributed by atoms with E-state index in [9.17, 15) is 9.59 Å². The van der Waals surface area contributed by atoms with Gasteiger partial charge in [-0.1, -0.05) is 36.8 Å². The predicted octanol–water partition coefficient (Wildman–Crippen LogP) is 1.47. The molecule has 1 amide bonds. The van der Waals surface area contributed by atoms with Gasteiger partial charge in [-0.2, -0.15) is 0 Å². The third kappa shape index (κ3) is 3.41. The van der Waals surface area contributed by atoms with Gasteiger partial charge in [-0.3, -0.25) is 14.5 Å². The van der Waals surface area contributed by atoms with E-state index in [-0.39, 0.29) is 17.7 Å². The Labute approximate surface area is 113 Å². The van der Waals surface area contributed by atoms with Gasteiger partial charge in [0.1, 0.15) is 0 Å². The molecule has 0 saturated carbocycles. The standard InChI is InChI=1S/C15H20N2O2/c1-16-15(19)13-9-5-6-10-17(13)11-14(18)12-7-3-2-4-8-12/h2-4,7-8,13H,5-6,9-11H2,1H3,(H,16,19). The van der Waals surface area contributed by atoms with Gasteiger partial charge in [-0.25, -0.2) is 0 Å². The maximum Gasteiger partial charge on any atom is 0.237 e. The van der Waals surface area contributed by atoms with Crippen LogP contribution in [0.5, 0.6) is 0 Å². The molecule has 1 heterocycles. The van der Waals surface area contributed by atoms with Crippen molar-refractivity contribution in [2.24, 2.45) is 0 Å². The summed E-state index contributed by atoms with van der Waals surface area (Å²) in [5.74, 6) is 0.0944. The summed E-state index contributed by atoms with van der Waals surface area (Å²) < 4.78 is 0. The summed E-state index contributed by atoms with van der Waals surface area (Å²) in [7, 11) is 1.65. The van der Waals surface area contributed by atoms with Crippen LogP contribution in [-0.4, -0.2) is 42.8 Å². The molecule has 1 unspecified atom stereocenters. The molecule has 0 spiro atoms. The van der Waals surface area contributed by atoms with Crippen molar-refractivity contribution in [1.82, 2.24) is 10.2 Å². The van der Waals surface area contributed by atoms with Crippen molar-refractivity contribution < 1.29 is 9.59 Å². The Kier molecular flexibility index (Phi) is 4.68. The number of carbonyl (C=O) groups is 2. The normalized spacial score (nSPS) is 19.9. The maximum absolute atomic E-state index is 12.2. The Morgan fingerprint density at radius 1 is 1.26 bits per heavy atom. The lowest BCUT2D eigenvalue weighted by Crippen LogP contribution is -2.50. The van der Waals surface area contributed by atoms with Crippen molar-refractivity contribution in [2.75, 3.05) is 20.1 Å². The Morgan fingerprint density at radius 3 is 2.68 bits per heavy atom. The molecule has 1 aliphatic rings. The van der Waals surface area contributed by atoms with Gasteiger partial charge in [0.05, 0.1) is 12.6 Å². The lowest BCUT2D eigenvalue weighted by atomic mass is 10.00. The summed E-state index contributed by atoms with van der Waals surface area (Å²) >= 11 is 0. The second kappa shape index (κ2) is 6.48. The van der Waals surface area contributed by atoms with Crippen LogP contribution in [0.2, 0.25) is 0 Å². The van der Waals surface area contributed by atoms with E-state index in [1.165, 1.54) is 0 Å². The summed E-state index contributed by atoms with van der Waals surface area (Å²) in [4.78, 5) is 26.0. The zero-order valence-electron chi connectivity index (χ0n) is 11.3. The highest BCUT2D eigenvalue weighted by Crippen LogP contribution is 2.17. The number of piperidine rings is 1. The largest absolute Gasteiger partial charge is 0.358 e. The summed E-state index contributed by atoms with van der Waals surface area (Å²) in [5, 5.41) is 2.69. The molecule has 1 aliphatic heterocycles. The van der Waals surface area contributed by atoms with E-state index < -0.39 is 0 Å². The average molecular weight is 260 g/mol. The fraction of sp³-hybridized carbons (Fsp3) is 0.467. The summed E-state index contributed by atoms with van der Waals surface area (Å²) in [6.07, 6.45) is 2.94. The molecule has 1 N–H and O–H groups in total. The van der Waals surface area contributed by atoms with E-state index in [4.69, 9.17) is 0 Å². The number of Topliss-reactive ketones (excluding diaryl/α,β-unsaturated/α-hetero) is 1. The minimum atomic E-state index is -0.161. The van der Waals surface area contributed by atoms with Crippen LogP contribution in [0.25, 0.3) is 0 Å². The smallest absolute Gasteiger partial charge is 0.237 e. The maximum atomic E-state index is 12.2. The van der Waals surface area contributed by atoms with Crippen LogP contribution in [0, 0.1) is 0 Å². The second-order valence-electron chi connectivity index (χ2n) is 4.89. The quantitative estimate of drug-likeness (QED) is 0.834. The molecule has 1 aromatic carbocycles.